The van der Waals surface area contributed by atoms with Crippen molar-refractivity contribution >= 4 is 65.2 Å². The average Bonchev–Trinajstić information content (AvgIpc) is 3.82. The molecule has 70 heavy (non-hydrogen) atoms. The van der Waals surface area contributed by atoms with Gasteiger partial charge in [-0.05, 0) is 75.1 Å². The normalized spacial score (nSPS) is 20.1. The number of hydroxylamine groups is 2. The number of ether oxygens (including phenoxy) is 6. The Morgan fingerprint density at radius 3 is 1.89 bits per heavy atom. The second-order valence-corrected chi connectivity index (χ2v) is 21.2. The number of methoxy groups -OCH3 is 2. The molecule has 1 saturated heterocycles. The molecule has 0 N–H and O–H groups in total. The van der Waals surface area contributed by atoms with E-state index in [4.69, 9.17) is 33.3 Å². The fourth-order valence-electron chi connectivity index (χ4n) is 8.58. The van der Waals surface area contributed by atoms with Crippen LogP contribution in [-0.2, 0) is 88.8 Å². The number of hydrogen-bond donors (Lipinski definition) is 0. The standard InChI is InChI=1S/C45H61N3O19S3/c1-44(16-6-30-68(52,53)54)35-31-33(69(55,56)57)9-11-37(35)46(19-23-64-26-27-66-29-28-65-25-24-62-4)39(44)7-5-8-40-45(2,17-21-61-3)36-32-34(70(58,59)60)10-12-38(36)47(40)18-22-63-20-15-43(51)67-48-41(49)13-14-42(48)50/h5,7-12,31-32H,6,13-30H2,1-4H3,(H2-,52,53,54,55,56,57,58,59,60)/p-2. The van der Waals surface area contributed by atoms with Gasteiger partial charge in [0.15, 0.2) is 12.3 Å². The summed E-state index contributed by atoms with van der Waals surface area (Å²) < 4.78 is 144. The minimum Gasteiger partial charge on any atom is -0.748 e. The summed E-state index contributed by atoms with van der Waals surface area (Å²) in [4.78, 5) is 42.1. The van der Waals surface area contributed by atoms with Crippen LogP contribution in [0.15, 0.2) is 70.1 Å². The van der Waals surface area contributed by atoms with Crippen molar-refractivity contribution < 1.29 is 91.1 Å². The minimum atomic E-state index is -4.95. The zero-order chi connectivity index (χ0) is 51.3. The highest BCUT2D eigenvalue weighted by molar-refractivity contribution is 7.86. The summed E-state index contributed by atoms with van der Waals surface area (Å²) in [7, 11) is -11.4. The monoisotopic (exact) mass is 1040 g/mol. The Hall–Kier alpha value is -4.51. The first-order valence-corrected chi connectivity index (χ1v) is 26.8. The fraction of sp³-hybridized carbons (Fsp3) is 0.556. The van der Waals surface area contributed by atoms with Crippen molar-refractivity contribution in [2.24, 2.45) is 0 Å². The number of nitrogens with zero attached hydrogens (tertiary/aromatic N) is 3. The first-order valence-electron chi connectivity index (χ1n) is 22.4. The maximum absolute atomic E-state index is 12.4. The lowest BCUT2D eigenvalue weighted by molar-refractivity contribution is -0.442. The van der Waals surface area contributed by atoms with Gasteiger partial charge in [-0.1, -0.05) is 6.08 Å². The van der Waals surface area contributed by atoms with Crippen molar-refractivity contribution in [2.75, 3.05) is 104 Å². The molecular weight excluding hydrogens is 983 g/mol. The summed E-state index contributed by atoms with van der Waals surface area (Å²) in [6.45, 7) is 6.12. The Balaban J connectivity index is 1.50. The van der Waals surface area contributed by atoms with Crippen molar-refractivity contribution in [2.45, 2.75) is 73.0 Å². The number of carbonyl (C=O) groups is 3. The van der Waals surface area contributed by atoms with Crippen LogP contribution in [-0.4, -0.2) is 171 Å². The molecule has 3 heterocycles. The number of benzene rings is 2. The lowest BCUT2D eigenvalue weighted by atomic mass is 9.75. The zero-order valence-corrected chi connectivity index (χ0v) is 41.9. The van der Waals surface area contributed by atoms with E-state index in [-0.39, 0.29) is 84.8 Å². The van der Waals surface area contributed by atoms with Gasteiger partial charge in [-0.3, -0.25) is 9.59 Å². The van der Waals surface area contributed by atoms with Gasteiger partial charge in [0, 0.05) is 80.5 Å². The van der Waals surface area contributed by atoms with Gasteiger partial charge in [0.1, 0.15) is 26.8 Å². The van der Waals surface area contributed by atoms with E-state index in [9.17, 15) is 53.3 Å². The van der Waals surface area contributed by atoms with Crippen molar-refractivity contribution in [3.63, 3.8) is 0 Å². The predicted octanol–water partition coefficient (Wildman–Crippen LogP) is 2.14. The maximum atomic E-state index is 12.4. The number of allylic oxidation sites excluding steroid dienone is 4. The summed E-state index contributed by atoms with van der Waals surface area (Å²) in [5, 5.41) is 0.441. The largest absolute Gasteiger partial charge is 0.748 e. The first-order chi connectivity index (χ1) is 33.0. The Labute approximate surface area is 408 Å². The van der Waals surface area contributed by atoms with Crippen LogP contribution in [0.2, 0.25) is 0 Å². The molecular formula is C45H59N3O19S3-2. The van der Waals surface area contributed by atoms with E-state index in [0.29, 0.717) is 71.8 Å². The summed E-state index contributed by atoms with van der Waals surface area (Å²) in [6.07, 6.45) is 4.98. The molecule has 3 aliphatic rings. The first kappa shape index (κ1) is 56.4. The fourth-order valence-corrected chi connectivity index (χ4v) is 10.1. The minimum absolute atomic E-state index is 0.00334. The van der Waals surface area contributed by atoms with Gasteiger partial charge in [-0.2, -0.15) is 4.58 Å². The zero-order valence-electron chi connectivity index (χ0n) is 39.5. The highest BCUT2D eigenvalue weighted by Crippen LogP contribution is 2.51. The number of fused-ring (bicyclic) bond motifs is 2. The molecule has 0 aromatic heterocycles. The molecule has 22 nitrogen and oxygen atoms in total. The van der Waals surface area contributed by atoms with E-state index in [1.165, 1.54) is 43.5 Å². The number of imide groups is 1. The molecule has 388 valence electrons. The molecule has 2 aromatic carbocycles. The highest BCUT2D eigenvalue weighted by Gasteiger charge is 2.48. The molecule has 0 radical (unpaired) electrons. The number of carbonyl (C=O) groups excluding carboxylic acids is 3. The van der Waals surface area contributed by atoms with Crippen LogP contribution in [0.5, 0.6) is 0 Å². The SMILES string of the molecule is COCCOCCOCCOCC[N+]1=C(/C=C/C=C2/N(CCOCCC(=O)ON3C(=O)CCC3=O)c3ccc(S(=O)(=O)[O-])cc3C2(C)CCOC)C(C)(CCCS(=O)(=O)[O-])c2cc(S(=O)(=O)[O-])ccc21. The van der Waals surface area contributed by atoms with E-state index in [0.717, 1.165) is 0 Å². The van der Waals surface area contributed by atoms with E-state index in [1.54, 1.807) is 32.3 Å². The maximum Gasteiger partial charge on any atom is 0.335 e. The molecule has 25 heteroatoms. The Morgan fingerprint density at radius 1 is 0.714 bits per heavy atom. The lowest BCUT2D eigenvalue weighted by Gasteiger charge is -2.30. The van der Waals surface area contributed by atoms with E-state index in [2.05, 4.69) is 0 Å². The second-order valence-electron chi connectivity index (χ2n) is 16.9. The van der Waals surface area contributed by atoms with Crippen molar-refractivity contribution in [3.05, 3.63) is 71.5 Å². The predicted molar refractivity (Wildman–Crippen MR) is 245 cm³/mol. The van der Waals surface area contributed by atoms with Crippen LogP contribution < -0.4 is 4.90 Å². The lowest BCUT2D eigenvalue weighted by Crippen LogP contribution is -2.33. The average molecular weight is 1040 g/mol. The third kappa shape index (κ3) is 14.6. The molecule has 1 fully saturated rings. The number of amides is 2. The number of hydrogen-bond acceptors (Lipinski definition) is 20. The number of anilines is 1. The Kier molecular flexibility index (Phi) is 19.9. The van der Waals surface area contributed by atoms with Crippen LogP contribution in [0.4, 0.5) is 11.4 Å². The number of rotatable bonds is 30. The molecule has 5 rings (SSSR count). The summed E-state index contributed by atoms with van der Waals surface area (Å²) in [6, 6.07) is 7.94. The van der Waals surface area contributed by atoms with E-state index >= 15 is 0 Å². The highest BCUT2D eigenvalue weighted by atomic mass is 32.2. The quantitative estimate of drug-likeness (QED) is 0.0468. The van der Waals surface area contributed by atoms with Gasteiger partial charge in [-0.25, -0.2) is 30.0 Å². The van der Waals surface area contributed by atoms with E-state index in [1.807, 2.05) is 16.4 Å². The van der Waals surface area contributed by atoms with Crippen LogP contribution in [0.25, 0.3) is 0 Å². The Bertz CT molecular complexity index is 2640. The van der Waals surface area contributed by atoms with Crippen LogP contribution in [0.1, 0.15) is 63.5 Å². The molecule has 2 aromatic rings. The van der Waals surface area contributed by atoms with Crippen molar-refractivity contribution in [1.82, 2.24) is 5.06 Å². The third-order valence-corrected chi connectivity index (χ3v) is 14.6. The topological polar surface area (TPSA) is 297 Å². The molecule has 0 aliphatic carbocycles. The van der Waals surface area contributed by atoms with Gasteiger partial charge in [0.2, 0.25) is 5.69 Å². The van der Waals surface area contributed by atoms with Crippen LogP contribution in [0, 0.1) is 0 Å². The second kappa shape index (κ2) is 24.7. The van der Waals surface area contributed by atoms with Crippen molar-refractivity contribution in [1.29, 1.82) is 0 Å². The van der Waals surface area contributed by atoms with Crippen molar-refractivity contribution in [3.8, 4) is 0 Å². The van der Waals surface area contributed by atoms with E-state index < -0.39 is 74.5 Å². The van der Waals surface area contributed by atoms with Crippen LogP contribution in [0.3, 0.4) is 0 Å². The molecule has 3 aliphatic heterocycles. The summed E-state index contributed by atoms with van der Waals surface area (Å²) in [5.41, 5.74) is 0.866. The Morgan fingerprint density at radius 2 is 1.29 bits per heavy atom. The van der Waals surface area contributed by atoms with Crippen LogP contribution >= 0.6 is 0 Å². The molecule has 0 bridgehead atoms. The molecule has 2 amide bonds. The molecule has 0 saturated carbocycles. The molecule has 0 spiro atoms. The van der Waals surface area contributed by atoms with Gasteiger partial charge >= 0.3 is 5.97 Å². The van der Waals surface area contributed by atoms with Gasteiger partial charge < -0.3 is 51.8 Å². The third-order valence-electron chi connectivity index (χ3n) is 12.1. The molecule has 2 unspecified atom stereocenters. The summed E-state index contributed by atoms with van der Waals surface area (Å²) in [5.74, 6) is -2.83. The van der Waals surface area contributed by atoms with Gasteiger partial charge in [0.25, 0.3) is 11.8 Å². The molecule has 2 atom stereocenters. The smallest absolute Gasteiger partial charge is 0.335 e. The summed E-state index contributed by atoms with van der Waals surface area (Å²) >= 11 is 0. The van der Waals surface area contributed by atoms with Gasteiger partial charge in [-0.15, -0.1) is 5.06 Å². The van der Waals surface area contributed by atoms with Gasteiger partial charge in [0.05, 0.1) is 84.6 Å².